The predicted octanol–water partition coefficient (Wildman–Crippen LogP) is 1.75. The fraction of sp³-hybridized carbons (Fsp3) is 0.583. The van der Waals surface area contributed by atoms with E-state index in [4.69, 9.17) is 0 Å². The summed E-state index contributed by atoms with van der Waals surface area (Å²) >= 11 is 0. The second-order valence-corrected chi connectivity index (χ2v) is 5.28. The highest BCUT2D eigenvalue weighted by atomic mass is 16.6. The summed E-state index contributed by atoms with van der Waals surface area (Å²) in [4.78, 5) is 11.0. The van der Waals surface area contributed by atoms with Gasteiger partial charge in [0.05, 0.1) is 11.0 Å². The molecule has 0 aliphatic carbocycles. The van der Waals surface area contributed by atoms with Crippen LogP contribution in [0, 0.1) is 10.1 Å². The summed E-state index contributed by atoms with van der Waals surface area (Å²) in [6.45, 7) is 5.63. The van der Waals surface area contributed by atoms with Crippen LogP contribution in [-0.4, -0.2) is 29.5 Å². The highest BCUT2D eigenvalue weighted by Gasteiger charge is 2.29. The third-order valence-electron chi connectivity index (χ3n) is 3.26. The minimum absolute atomic E-state index is 0.0153. The van der Waals surface area contributed by atoms with E-state index < -0.39 is 4.92 Å². The van der Waals surface area contributed by atoms with E-state index in [2.05, 4.69) is 20.6 Å². The van der Waals surface area contributed by atoms with Crippen LogP contribution in [0.4, 0.5) is 11.5 Å². The number of hydrogen-bond donors (Lipinski definition) is 1. The summed E-state index contributed by atoms with van der Waals surface area (Å²) in [5.74, 6) is 1.04. The van der Waals surface area contributed by atoms with E-state index in [0.717, 1.165) is 0 Å². The van der Waals surface area contributed by atoms with Gasteiger partial charge in [-0.1, -0.05) is 13.8 Å². The Morgan fingerprint density at radius 3 is 2.48 bits per heavy atom. The van der Waals surface area contributed by atoms with E-state index >= 15 is 0 Å². The van der Waals surface area contributed by atoms with Crippen LogP contribution >= 0.6 is 0 Å². The highest BCUT2D eigenvalue weighted by molar-refractivity contribution is 5.61. The molecule has 0 spiro atoms. The summed E-state index contributed by atoms with van der Waals surface area (Å²) in [6, 6.07) is -0.230. The molecular formula is C12H19N7O2. The highest BCUT2D eigenvalue weighted by Crippen LogP contribution is 2.34. The maximum absolute atomic E-state index is 11.4. The van der Waals surface area contributed by atoms with Crippen LogP contribution in [0.2, 0.25) is 0 Å². The summed E-state index contributed by atoms with van der Waals surface area (Å²) in [5.41, 5.74) is 0.483. The molecule has 0 fully saturated rings. The molecule has 1 unspecified atom stereocenters. The van der Waals surface area contributed by atoms with Crippen molar-refractivity contribution in [2.24, 2.45) is 14.1 Å². The van der Waals surface area contributed by atoms with Gasteiger partial charge < -0.3 is 9.88 Å². The SMILES string of the molecule is CC(C)c1nn(C)c(NC(C)c2nncn2C)c1[N+](=O)[O-]. The summed E-state index contributed by atoms with van der Waals surface area (Å²) in [5, 5.41) is 26.6. The molecule has 0 radical (unpaired) electrons. The first-order chi connectivity index (χ1) is 9.82. The van der Waals surface area contributed by atoms with E-state index in [1.165, 1.54) is 4.68 Å². The normalized spacial score (nSPS) is 12.7. The predicted molar refractivity (Wildman–Crippen MR) is 77.0 cm³/mol. The Kier molecular flexibility index (Phi) is 3.92. The first-order valence-electron chi connectivity index (χ1n) is 6.64. The zero-order valence-electron chi connectivity index (χ0n) is 12.7. The van der Waals surface area contributed by atoms with E-state index in [9.17, 15) is 10.1 Å². The number of aromatic nitrogens is 5. The van der Waals surface area contributed by atoms with Crippen molar-refractivity contribution in [1.82, 2.24) is 24.5 Å². The molecule has 0 aliphatic heterocycles. The zero-order chi connectivity index (χ0) is 15.7. The van der Waals surface area contributed by atoms with E-state index in [0.29, 0.717) is 17.3 Å². The van der Waals surface area contributed by atoms with Crippen molar-refractivity contribution in [2.75, 3.05) is 5.32 Å². The lowest BCUT2D eigenvalue weighted by molar-refractivity contribution is -0.384. The van der Waals surface area contributed by atoms with E-state index in [1.54, 1.807) is 17.9 Å². The van der Waals surface area contributed by atoms with Gasteiger partial charge in [-0.3, -0.25) is 10.1 Å². The third-order valence-corrected chi connectivity index (χ3v) is 3.26. The first kappa shape index (κ1) is 14.9. The van der Waals surface area contributed by atoms with Crippen molar-refractivity contribution in [2.45, 2.75) is 32.7 Å². The topological polar surface area (TPSA) is 104 Å². The van der Waals surface area contributed by atoms with Crippen molar-refractivity contribution in [3.8, 4) is 0 Å². The van der Waals surface area contributed by atoms with Crippen LogP contribution in [-0.2, 0) is 14.1 Å². The summed E-state index contributed by atoms with van der Waals surface area (Å²) in [7, 11) is 3.51. The van der Waals surface area contributed by atoms with Gasteiger partial charge in [-0.2, -0.15) is 5.10 Å². The average molecular weight is 293 g/mol. The number of hydrogen-bond acceptors (Lipinski definition) is 6. The largest absolute Gasteiger partial charge is 0.355 e. The Bertz CT molecular complexity index is 659. The second-order valence-electron chi connectivity index (χ2n) is 5.28. The number of aryl methyl sites for hydroxylation is 2. The number of rotatable bonds is 5. The zero-order valence-corrected chi connectivity index (χ0v) is 12.7. The molecule has 2 rings (SSSR count). The quantitative estimate of drug-likeness (QED) is 0.665. The molecule has 0 saturated heterocycles. The number of nitrogens with zero attached hydrogens (tertiary/aromatic N) is 6. The molecule has 1 N–H and O–H groups in total. The van der Waals surface area contributed by atoms with Gasteiger partial charge in [-0.25, -0.2) is 4.68 Å². The number of nitrogens with one attached hydrogen (secondary N) is 1. The minimum Gasteiger partial charge on any atom is -0.355 e. The van der Waals surface area contributed by atoms with E-state index in [-0.39, 0.29) is 17.6 Å². The molecule has 1 atom stereocenters. The molecule has 0 amide bonds. The third kappa shape index (κ3) is 2.71. The molecule has 21 heavy (non-hydrogen) atoms. The lowest BCUT2D eigenvalue weighted by atomic mass is 10.1. The van der Waals surface area contributed by atoms with Crippen LogP contribution in [0.1, 0.15) is 44.2 Å². The van der Waals surface area contributed by atoms with Crippen LogP contribution < -0.4 is 5.32 Å². The Balaban J connectivity index is 2.40. The number of anilines is 1. The van der Waals surface area contributed by atoms with Crippen LogP contribution in [0.25, 0.3) is 0 Å². The maximum Gasteiger partial charge on any atom is 0.334 e. The fourth-order valence-electron chi connectivity index (χ4n) is 2.22. The maximum atomic E-state index is 11.4. The molecule has 0 saturated carbocycles. The molecular weight excluding hydrogens is 274 g/mol. The fourth-order valence-corrected chi connectivity index (χ4v) is 2.22. The molecule has 0 aromatic carbocycles. The molecule has 2 aromatic heterocycles. The lowest BCUT2D eigenvalue weighted by Crippen LogP contribution is -2.15. The van der Waals surface area contributed by atoms with Crippen LogP contribution in [0.5, 0.6) is 0 Å². The molecule has 0 bridgehead atoms. The smallest absolute Gasteiger partial charge is 0.334 e. The molecule has 2 aromatic rings. The van der Waals surface area contributed by atoms with Gasteiger partial charge in [0.2, 0.25) is 5.82 Å². The van der Waals surface area contributed by atoms with Crippen molar-refractivity contribution in [1.29, 1.82) is 0 Å². The minimum atomic E-state index is -0.395. The number of nitro groups is 1. The second kappa shape index (κ2) is 5.51. The standard InChI is InChI=1S/C12H19N7O2/c1-7(2)9-10(19(20)21)12(18(5)16-9)14-8(3)11-15-13-6-17(11)4/h6-8,14H,1-5H3. The van der Waals surface area contributed by atoms with Crippen LogP contribution in [0.15, 0.2) is 6.33 Å². The van der Waals surface area contributed by atoms with Gasteiger partial charge >= 0.3 is 5.69 Å². The van der Waals surface area contributed by atoms with Crippen molar-refractivity contribution in [3.63, 3.8) is 0 Å². The Morgan fingerprint density at radius 2 is 2.00 bits per heavy atom. The Hall–Kier alpha value is -2.45. The summed E-state index contributed by atoms with van der Waals surface area (Å²) in [6.07, 6.45) is 1.59. The molecule has 9 heteroatoms. The monoisotopic (exact) mass is 293 g/mol. The van der Waals surface area contributed by atoms with Crippen molar-refractivity contribution in [3.05, 3.63) is 28.0 Å². The van der Waals surface area contributed by atoms with Gasteiger partial charge in [0.25, 0.3) is 0 Å². The van der Waals surface area contributed by atoms with Crippen LogP contribution in [0.3, 0.4) is 0 Å². The first-order valence-corrected chi connectivity index (χ1v) is 6.64. The average Bonchev–Trinajstić information content (AvgIpc) is 2.94. The molecule has 0 aliphatic rings. The van der Waals surface area contributed by atoms with Gasteiger partial charge in [0.15, 0.2) is 5.82 Å². The van der Waals surface area contributed by atoms with Gasteiger partial charge in [-0.15, -0.1) is 10.2 Å². The van der Waals surface area contributed by atoms with Crippen molar-refractivity contribution >= 4 is 11.5 Å². The van der Waals surface area contributed by atoms with Gasteiger partial charge in [0, 0.05) is 20.0 Å². The van der Waals surface area contributed by atoms with E-state index in [1.807, 2.05) is 27.8 Å². The van der Waals surface area contributed by atoms with Gasteiger partial charge in [0.1, 0.15) is 12.0 Å². The summed E-state index contributed by atoms with van der Waals surface area (Å²) < 4.78 is 3.27. The lowest BCUT2D eigenvalue weighted by Gasteiger charge is -2.13. The van der Waals surface area contributed by atoms with Gasteiger partial charge in [-0.05, 0) is 6.92 Å². The Labute approximate surface area is 122 Å². The molecule has 114 valence electrons. The molecule has 2 heterocycles. The van der Waals surface area contributed by atoms with Crippen molar-refractivity contribution < 1.29 is 4.92 Å². The Morgan fingerprint density at radius 1 is 1.33 bits per heavy atom. The molecule has 9 nitrogen and oxygen atoms in total.